The summed E-state index contributed by atoms with van der Waals surface area (Å²) in [5.74, 6) is 0.873. The fourth-order valence-electron chi connectivity index (χ4n) is 5.89. The van der Waals surface area contributed by atoms with Crippen LogP contribution in [0.3, 0.4) is 0 Å². The summed E-state index contributed by atoms with van der Waals surface area (Å²) in [7, 11) is 2.16. The Kier molecular flexibility index (Phi) is 7.92. The van der Waals surface area contributed by atoms with Crippen LogP contribution in [0, 0.1) is 12.1 Å². The molecule has 0 bridgehead atoms. The van der Waals surface area contributed by atoms with Gasteiger partial charge in [-0.3, -0.25) is 4.57 Å². The molecule has 2 aliphatic heterocycles. The van der Waals surface area contributed by atoms with Crippen LogP contribution in [0.4, 0.5) is 20.7 Å². The van der Waals surface area contributed by atoms with Crippen LogP contribution in [0.15, 0.2) is 36.4 Å². The molecule has 1 N–H and O–H groups in total. The molecule has 2 saturated heterocycles. The molecule has 42 heavy (non-hydrogen) atoms. The zero-order valence-corrected chi connectivity index (χ0v) is 24.3. The number of piperidine rings is 1. The lowest BCUT2D eigenvalue weighted by Gasteiger charge is -2.32. The molecular formula is C31H36F2N8O. The van der Waals surface area contributed by atoms with E-state index in [2.05, 4.69) is 59.3 Å². The van der Waals surface area contributed by atoms with Crippen LogP contribution >= 0.6 is 0 Å². The summed E-state index contributed by atoms with van der Waals surface area (Å²) >= 11 is 0. The van der Waals surface area contributed by atoms with Gasteiger partial charge in [0.2, 0.25) is 17.8 Å². The van der Waals surface area contributed by atoms with Crippen LogP contribution in [0.25, 0.3) is 17.0 Å². The largest absolute Gasteiger partial charge is 0.378 e. The van der Waals surface area contributed by atoms with Gasteiger partial charge in [0.15, 0.2) is 5.82 Å². The molecule has 9 nitrogen and oxygen atoms in total. The molecular weight excluding hydrogens is 538 g/mol. The number of benzene rings is 1. The van der Waals surface area contributed by atoms with Crippen molar-refractivity contribution in [1.29, 1.82) is 0 Å². The number of hydrogen-bond acceptors (Lipinski definition) is 8. The number of likely N-dealkylation sites (tertiary alicyclic amines) is 1. The number of nitrogens with zero attached hydrogens (tertiary/aromatic N) is 7. The van der Waals surface area contributed by atoms with Gasteiger partial charge in [-0.1, -0.05) is 24.3 Å². The molecule has 0 aliphatic carbocycles. The van der Waals surface area contributed by atoms with Crippen molar-refractivity contribution in [1.82, 2.24) is 29.4 Å². The van der Waals surface area contributed by atoms with Gasteiger partial charge in [0.05, 0.1) is 24.2 Å². The number of hydrogen-bond donors (Lipinski definition) is 1. The molecule has 0 unspecified atom stereocenters. The number of fused-ring (bicyclic) bond motifs is 1. The Morgan fingerprint density at radius 1 is 1.00 bits per heavy atom. The average Bonchev–Trinajstić information content (AvgIpc) is 3.38. The highest BCUT2D eigenvalue weighted by molar-refractivity contribution is 5.77. The molecule has 0 atom stereocenters. The van der Waals surface area contributed by atoms with E-state index in [-0.39, 0.29) is 5.95 Å². The minimum absolute atomic E-state index is 0.100. The highest BCUT2D eigenvalue weighted by Crippen LogP contribution is 2.32. The maximum Gasteiger partial charge on any atom is 0.296 e. The minimum atomic E-state index is -2.81. The summed E-state index contributed by atoms with van der Waals surface area (Å²) in [5, 5.41) is 3.51. The maximum atomic E-state index is 14.2. The molecule has 0 amide bonds. The van der Waals surface area contributed by atoms with Crippen LogP contribution in [0.1, 0.15) is 56.0 Å². The molecule has 6 rings (SSSR count). The Morgan fingerprint density at radius 3 is 2.50 bits per heavy atom. The van der Waals surface area contributed by atoms with E-state index in [0.717, 1.165) is 25.9 Å². The third kappa shape index (κ3) is 6.01. The fraction of sp³-hybridized carbons (Fsp3) is 0.484. The van der Waals surface area contributed by atoms with Gasteiger partial charge in [0, 0.05) is 24.2 Å². The van der Waals surface area contributed by atoms with E-state index in [1.807, 2.05) is 11.0 Å². The van der Waals surface area contributed by atoms with Crippen molar-refractivity contribution < 1.29 is 13.5 Å². The van der Waals surface area contributed by atoms with Crippen LogP contribution < -0.4 is 10.2 Å². The van der Waals surface area contributed by atoms with Crippen molar-refractivity contribution in [3.05, 3.63) is 65.5 Å². The van der Waals surface area contributed by atoms with E-state index in [1.165, 1.54) is 15.7 Å². The van der Waals surface area contributed by atoms with Gasteiger partial charge < -0.3 is 19.9 Å². The Bertz CT molecular complexity index is 1530. The zero-order valence-electron chi connectivity index (χ0n) is 24.3. The predicted molar refractivity (Wildman–Crippen MR) is 157 cm³/mol. The first-order valence-electron chi connectivity index (χ1n) is 14.5. The molecule has 11 heteroatoms. The van der Waals surface area contributed by atoms with Crippen molar-refractivity contribution in [3.63, 3.8) is 0 Å². The van der Waals surface area contributed by atoms with Crippen molar-refractivity contribution in [2.24, 2.45) is 0 Å². The molecule has 2 aromatic carbocycles. The van der Waals surface area contributed by atoms with Gasteiger partial charge in [-0.05, 0) is 89.0 Å². The van der Waals surface area contributed by atoms with Crippen molar-refractivity contribution in [2.75, 3.05) is 56.7 Å². The van der Waals surface area contributed by atoms with E-state index < -0.39 is 17.8 Å². The quantitative estimate of drug-likeness (QED) is 0.321. The van der Waals surface area contributed by atoms with Crippen LogP contribution in [-0.2, 0) is 11.2 Å². The van der Waals surface area contributed by atoms with E-state index >= 15 is 0 Å². The van der Waals surface area contributed by atoms with E-state index in [9.17, 15) is 8.78 Å². The van der Waals surface area contributed by atoms with Crippen molar-refractivity contribution in [3.8, 4) is 5.95 Å². The second-order valence-electron chi connectivity index (χ2n) is 11.8. The molecule has 2 aliphatic rings. The highest BCUT2D eigenvalue weighted by Gasteiger charge is 2.28. The van der Waals surface area contributed by atoms with Crippen molar-refractivity contribution >= 4 is 22.9 Å². The maximum absolute atomic E-state index is 14.2. The lowest BCUT2D eigenvalue weighted by atomic mass is 9.84. The average molecular weight is 575 g/mol. The number of alkyl halides is 2. The fourth-order valence-corrected chi connectivity index (χ4v) is 5.89. The summed E-state index contributed by atoms with van der Waals surface area (Å²) in [5.41, 5.74) is 2.92. The van der Waals surface area contributed by atoms with Gasteiger partial charge in [0.25, 0.3) is 6.43 Å². The smallest absolute Gasteiger partial charge is 0.296 e. The molecule has 0 radical (unpaired) electrons. The Labute approximate surface area is 245 Å². The van der Waals surface area contributed by atoms with Gasteiger partial charge in [0.1, 0.15) is 0 Å². The zero-order chi connectivity index (χ0) is 29.3. The molecule has 2 aromatic heterocycles. The number of anilines is 2. The summed E-state index contributed by atoms with van der Waals surface area (Å²) < 4.78 is 35.3. The number of aromatic nitrogens is 5. The standard InChI is InChI=1S/C31H36F2N8O/c1-31(2,20-22-8-4-5-9-23(22)21-12-14-39(3)15-13-21)38-28-35-29(40-16-18-42-19-17-40)37-30(36-28)41-25-11-7-6-10-24(25)34-27(41)26(32)33/h4,6-8,10-11,21,26H,12-20H2,1-3H3,(H,35,36,37,38). The number of nitrogens with one attached hydrogen (secondary N) is 1. The lowest BCUT2D eigenvalue weighted by molar-refractivity contribution is 0.122. The van der Waals surface area contributed by atoms with Gasteiger partial charge in [-0.2, -0.15) is 15.0 Å². The van der Waals surface area contributed by atoms with E-state index in [0.29, 0.717) is 61.6 Å². The number of ether oxygens (including phenoxy) is 1. The Hall–Kier alpha value is -3.88. The molecule has 0 spiro atoms. The summed E-state index contributed by atoms with van der Waals surface area (Å²) in [4.78, 5) is 22.7. The molecule has 4 aromatic rings. The summed E-state index contributed by atoms with van der Waals surface area (Å²) in [6, 6.07) is 17.6. The normalized spacial score (nSPS) is 17.1. The highest BCUT2D eigenvalue weighted by atomic mass is 19.3. The second-order valence-corrected chi connectivity index (χ2v) is 11.8. The van der Waals surface area contributed by atoms with Gasteiger partial charge >= 0.3 is 0 Å². The number of imidazole rings is 1. The predicted octanol–water partition coefficient (Wildman–Crippen LogP) is 4.83. The molecule has 0 saturated carbocycles. The van der Waals surface area contributed by atoms with E-state index in [1.54, 1.807) is 24.3 Å². The Morgan fingerprint density at radius 2 is 1.74 bits per heavy atom. The monoisotopic (exact) mass is 574 g/mol. The van der Waals surface area contributed by atoms with Gasteiger partial charge in [-0.15, -0.1) is 0 Å². The first-order valence-corrected chi connectivity index (χ1v) is 14.5. The topological polar surface area (TPSA) is 84.2 Å². The first kappa shape index (κ1) is 28.2. The number of halogens is 2. The SMILES string of the molecule is CN1CCC(c2c#cccc2CC(C)(C)Nc2nc(N3CCOCC3)nc(-n3c(C(F)F)nc4ccccc43)n2)CC1. The number of morpholine rings is 1. The lowest BCUT2D eigenvalue weighted by Crippen LogP contribution is -2.39. The third-order valence-corrected chi connectivity index (χ3v) is 8.02. The number of rotatable bonds is 8. The summed E-state index contributed by atoms with van der Waals surface area (Å²) in [6.45, 7) is 8.57. The van der Waals surface area contributed by atoms with Crippen LogP contribution in [-0.4, -0.2) is 81.4 Å². The number of para-hydroxylation sites is 2. The molecule has 2 fully saturated rings. The molecule has 220 valence electrons. The molecule has 4 heterocycles. The minimum Gasteiger partial charge on any atom is -0.378 e. The van der Waals surface area contributed by atoms with Crippen molar-refractivity contribution in [2.45, 2.75) is 51.0 Å². The van der Waals surface area contributed by atoms with Crippen LogP contribution in [0.2, 0.25) is 0 Å². The third-order valence-electron chi connectivity index (χ3n) is 8.02. The Balaban J connectivity index is 1.36. The van der Waals surface area contributed by atoms with Gasteiger partial charge in [-0.25, -0.2) is 13.8 Å². The van der Waals surface area contributed by atoms with E-state index in [4.69, 9.17) is 14.7 Å². The summed E-state index contributed by atoms with van der Waals surface area (Å²) in [6.07, 6.45) is 0.0791. The second kappa shape index (κ2) is 11.8. The van der Waals surface area contributed by atoms with Crippen LogP contribution in [0.5, 0.6) is 0 Å². The first-order chi connectivity index (χ1) is 20.3.